The number of benzene rings is 1. The molecule has 0 atom stereocenters. The zero-order chi connectivity index (χ0) is 19.4. The van der Waals surface area contributed by atoms with E-state index in [9.17, 15) is 14.4 Å². The Balaban J connectivity index is 2.63. The number of hydrogen-bond acceptors (Lipinski definition) is 6. The van der Waals surface area contributed by atoms with E-state index in [0.29, 0.717) is 18.0 Å². The van der Waals surface area contributed by atoms with Crippen molar-refractivity contribution in [1.29, 1.82) is 0 Å². The van der Waals surface area contributed by atoms with Gasteiger partial charge < -0.3 is 24.8 Å². The highest BCUT2D eigenvalue weighted by atomic mass is 16.6. The SMILES string of the molecule is CCCCOc1ccc(NC(=O)NC(C(=O)OCC)C(=O)OCC)cc1. The van der Waals surface area contributed by atoms with Gasteiger partial charge in [-0.2, -0.15) is 0 Å². The van der Waals surface area contributed by atoms with Crippen LogP contribution in [0.15, 0.2) is 24.3 Å². The summed E-state index contributed by atoms with van der Waals surface area (Å²) in [6.07, 6.45) is 2.01. The van der Waals surface area contributed by atoms with Crippen molar-refractivity contribution in [2.75, 3.05) is 25.1 Å². The summed E-state index contributed by atoms with van der Waals surface area (Å²) in [6.45, 7) is 6.07. The molecule has 0 heterocycles. The number of rotatable bonds is 10. The minimum absolute atomic E-state index is 0.0809. The van der Waals surface area contributed by atoms with Crippen molar-refractivity contribution >= 4 is 23.7 Å². The quantitative estimate of drug-likeness (QED) is 0.375. The molecule has 2 amide bonds. The first kappa shape index (κ1) is 21.3. The van der Waals surface area contributed by atoms with Gasteiger partial charge in [0.1, 0.15) is 5.75 Å². The number of esters is 2. The maximum absolute atomic E-state index is 12.1. The Morgan fingerprint density at radius 1 is 0.962 bits per heavy atom. The molecular weight excluding hydrogens is 340 g/mol. The largest absolute Gasteiger partial charge is 0.494 e. The fourth-order valence-electron chi connectivity index (χ4n) is 1.93. The number of carbonyl (C=O) groups excluding carboxylic acids is 3. The smallest absolute Gasteiger partial charge is 0.340 e. The van der Waals surface area contributed by atoms with Gasteiger partial charge in [0, 0.05) is 5.69 Å². The molecule has 8 heteroatoms. The van der Waals surface area contributed by atoms with Crippen molar-refractivity contribution in [3.8, 4) is 5.75 Å². The first-order chi connectivity index (χ1) is 12.5. The van der Waals surface area contributed by atoms with E-state index in [1.165, 1.54) is 0 Å². The maximum atomic E-state index is 12.1. The summed E-state index contributed by atoms with van der Waals surface area (Å²) < 4.78 is 15.1. The summed E-state index contributed by atoms with van der Waals surface area (Å²) in [4.78, 5) is 35.7. The summed E-state index contributed by atoms with van der Waals surface area (Å²) in [6, 6.07) is 4.51. The molecule has 1 aromatic rings. The highest BCUT2D eigenvalue weighted by molar-refractivity contribution is 6.04. The van der Waals surface area contributed by atoms with Gasteiger partial charge in [-0.05, 0) is 44.5 Å². The van der Waals surface area contributed by atoms with Crippen LogP contribution in [-0.2, 0) is 19.1 Å². The summed E-state index contributed by atoms with van der Waals surface area (Å²) in [7, 11) is 0. The van der Waals surface area contributed by atoms with Crippen molar-refractivity contribution in [1.82, 2.24) is 5.32 Å². The Morgan fingerprint density at radius 3 is 2.04 bits per heavy atom. The average Bonchev–Trinajstić information content (AvgIpc) is 2.61. The summed E-state index contributed by atoms with van der Waals surface area (Å²) in [5, 5.41) is 4.80. The molecule has 0 aliphatic carbocycles. The van der Waals surface area contributed by atoms with Crippen molar-refractivity contribution in [2.24, 2.45) is 0 Å². The molecule has 0 spiro atoms. The van der Waals surface area contributed by atoms with Crippen molar-refractivity contribution in [2.45, 2.75) is 39.7 Å². The lowest BCUT2D eigenvalue weighted by Gasteiger charge is -2.16. The highest BCUT2D eigenvalue weighted by Gasteiger charge is 2.31. The number of nitrogens with one attached hydrogen (secondary N) is 2. The van der Waals surface area contributed by atoms with Crippen LogP contribution in [0, 0.1) is 0 Å². The van der Waals surface area contributed by atoms with E-state index < -0.39 is 24.0 Å². The van der Waals surface area contributed by atoms with Gasteiger partial charge in [-0.3, -0.25) is 0 Å². The van der Waals surface area contributed by atoms with E-state index >= 15 is 0 Å². The van der Waals surface area contributed by atoms with E-state index in [1.54, 1.807) is 38.1 Å². The molecule has 26 heavy (non-hydrogen) atoms. The zero-order valence-corrected chi connectivity index (χ0v) is 15.4. The normalized spacial score (nSPS) is 10.2. The second-order valence-electron chi connectivity index (χ2n) is 5.26. The predicted molar refractivity (Wildman–Crippen MR) is 96.1 cm³/mol. The molecule has 0 unspecified atom stereocenters. The molecular formula is C18H26N2O6. The Kier molecular flexibility index (Phi) is 9.59. The maximum Gasteiger partial charge on any atom is 0.340 e. The van der Waals surface area contributed by atoms with E-state index in [2.05, 4.69) is 17.6 Å². The standard InChI is InChI=1S/C18H26N2O6/c1-4-7-12-26-14-10-8-13(9-11-14)19-18(23)20-15(16(21)24-5-2)17(22)25-6-3/h8-11,15H,4-7,12H2,1-3H3,(H2,19,20,23). The van der Waals surface area contributed by atoms with Crippen LogP contribution in [0.25, 0.3) is 0 Å². The second kappa shape index (κ2) is 11.7. The van der Waals surface area contributed by atoms with Crippen LogP contribution in [0.1, 0.15) is 33.6 Å². The fraction of sp³-hybridized carbons (Fsp3) is 0.500. The second-order valence-corrected chi connectivity index (χ2v) is 5.26. The predicted octanol–water partition coefficient (Wildman–Crippen LogP) is 2.48. The van der Waals surface area contributed by atoms with Crippen LogP contribution in [0.3, 0.4) is 0 Å². The topological polar surface area (TPSA) is 103 Å². The van der Waals surface area contributed by atoms with Crippen LogP contribution in [-0.4, -0.2) is 43.8 Å². The fourth-order valence-corrected chi connectivity index (χ4v) is 1.93. The molecule has 0 saturated heterocycles. The molecule has 2 N–H and O–H groups in total. The van der Waals surface area contributed by atoms with Crippen molar-refractivity contribution in [3.05, 3.63) is 24.3 Å². The number of anilines is 1. The molecule has 1 rings (SSSR count). The highest BCUT2D eigenvalue weighted by Crippen LogP contribution is 2.16. The Hall–Kier alpha value is -2.77. The third-order valence-corrected chi connectivity index (χ3v) is 3.20. The molecule has 0 saturated carbocycles. The third kappa shape index (κ3) is 7.42. The Labute approximate surface area is 153 Å². The summed E-state index contributed by atoms with van der Waals surface area (Å²) in [5.74, 6) is -1.05. The first-order valence-electron chi connectivity index (χ1n) is 8.65. The lowest BCUT2D eigenvalue weighted by Crippen LogP contribution is -2.49. The Morgan fingerprint density at radius 2 is 1.54 bits per heavy atom. The molecule has 0 bridgehead atoms. The zero-order valence-electron chi connectivity index (χ0n) is 15.4. The summed E-state index contributed by atoms with van der Waals surface area (Å²) >= 11 is 0. The monoisotopic (exact) mass is 366 g/mol. The van der Waals surface area contributed by atoms with E-state index in [0.717, 1.165) is 12.8 Å². The van der Waals surface area contributed by atoms with Crippen molar-refractivity contribution < 1.29 is 28.6 Å². The van der Waals surface area contributed by atoms with Crippen LogP contribution in [0.2, 0.25) is 0 Å². The van der Waals surface area contributed by atoms with Crippen LogP contribution in [0.5, 0.6) is 5.75 Å². The molecule has 1 aromatic carbocycles. The average molecular weight is 366 g/mol. The molecule has 8 nitrogen and oxygen atoms in total. The number of urea groups is 1. The van der Waals surface area contributed by atoms with Gasteiger partial charge in [-0.25, -0.2) is 14.4 Å². The van der Waals surface area contributed by atoms with Crippen LogP contribution >= 0.6 is 0 Å². The van der Waals surface area contributed by atoms with Gasteiger partial charge >= 0.3 is 18.0 Å². The number of carbonyl (C=O) groups is 3. The lowest BCUT2D eigenvalue weighted by atomic mass is 10.3. The van der Waals surface area contributed by atoms with Gasteiger partial charge in [0.2, 0.25) is 6.04 Å². The molecule has 0 aliphatic rings. The number of hydrogen-bond donors (Lipinski definition) is 2. The van der Waals surface area contributed by atoms with Gasteiger partial charge in [0.25, 0.3) is 0 Å². The number of unbranched alkanes of at least 4 members (excludes halogenated alkanes) is 1. The molecule has 0 fully saturated rings. The van der Waals surface area contributed by atoms with Crippen LogP contribution < -0.4 is 15.4 Å². The third-order valence-electron chi connectivity index (χ3n) is 3.20. The van der Waals surface area contributed by atoms with Gasteiger partial charge in [0.15, 0.2) is 0 Å². The molecule has 0 aromatic heterocycles. The Bertz CT molecular complexity index is 570. The molecule has 0 radical (unpaired) electrons. The van der Waals surface area contributed by atoms with Gasteiger partial charge in [-0.1, -0.05) is 13.3 Å². The lowest BCUT2D eigenvalue weighted by molar-refractivity contribution is -0.157. The van der Waals surface area contributed by atoms with E-state index in [1.807, 2.05) is 0 Å². The van der Waals surface area contributed by atoms with E-state index in [-0.39, 0.29) is 13.2 Å². The summed E-state index contributed by atoms with van der Waals surface area (Å²) in [5.41, 5.74) is 0.483. The van der Waals surface area contributed by atoms with Gasteiger partial charge in [-0.15, -0.1) is 0 Å². The minimum atomic E-state index is -1.52. The minimum Gasteiger partial charge on any atom is -0.494 e. The first-order valence-corrected chi connectivity index (χ1v) is 8.65. The molecule has 144 valence electrons. The molecule has 0 aliphatic heterocycles. The number of amides is 2. The van der Waals surface area contributed by atoms with E-state index in [4.69, 9.17) is 14.2 Å². The number of ether oxygens (including phenoxy) is 3. The van der Waals surface area contributed by atoms with Gasteiger partial charge in [0.05, 0.1) is 19.8 Å². The van der Waals surface area contributed by atoms with Crippen LogP contribution in [0.4, 0.5) is 10.5 Å². The van der Waals surface area contributed by atoms with Crippen molar-refractivity contribution in [3.63, 3.8) is 0 Å².